The number of ketones is 1. The van der Waals surface area contributed by atoms with Gasteiger partial charge in [-0.1, -0.05) is 27.7 Å². The summed E-state index contributed by atoms with van der Waals surface area (Å²) in [6.07, 6.45) is 2.22. The molecule has 1 rings (SSSR count). The van der Waals surface area contributed by atoms with Gasteiger partial charge in [0.25, 0.3) is 0 Å². The first-order valence-corrected chi connectivity index (χ1v) is 8.54. The van der Waals surface area contributed by atoms with Gasteiger partial charge in [-0.15, -0.1) is 11.3 Å². The molecule has 0 amide bonds. The Bertz CT molecular complexity index is 432. The molecule has 0 saturated carbocycles. The smallest absolute Gasteiger partial charge is 0.177 e. The highest BCUT2D eigenvalue weighted by Gasteiger charge is 2.21. The maximum Gasteiger partial charge on any atom is 0.177 e. The Morgan fingerprint density at radius 1 is 1.25 bits per heavy atom. The molecular formula is C17H29NOS. The molecule has 114 valence electrons. The molecule has 0 N–H and O–H groups in total. The second-order valence-corrected chi connectivity index (χ2v) is 7.50. The van der Waals surface area contributed by atoms with Crippen LogP contribution in [0.15, 0.2) is 6.07 Å². The third-order valence-corrected chi connectivity index (χ3v) is 4.71. The van der Waals surface area contributed by atoms with Gasteiger partial charge in [-0.2, -0.15) is 0 Å². The van der Waals surface area contributed by atoms with Crippen molar-refractivity contribution >= 4 is 17.1 Å². The average molecular weight is 295 g/mol. The molecule has 20 heavy (non-hydrogen) atoms. The Kier molecular flexibility index (Phi) is 6.90. The molecule has 1 aromatic rings. The number of carbonyl (C=O) groups is 1. The quantitative estimate of drug-likeness (QED) is 0.648. The first-order valence-electron chi connectivity index (χ1n) is 7.73. The molecule has 0 aliphatic rings. The van der Waals surface area contributed by atoms with Crippen molar-refractivity contribution in [3.8, 4) is 0 Å². The maximum absolute atomic E-state index is 12.6. The van der Waals surface area contributed by atoms with Gasteiger partial charge >= 0.3 is 0 Å². The molecule has 0 saturated heterocycles. The fraction of sp³-hybridized carbons (Fsp3) is 0.706. The van der Waals surface area contributed by atoms with Crippen molar-refractivity contribution in [1.29, 1.82) is 0 Å². The van der Waals surface area contributed by atoms with E-state index in [1.54, 1.807) is 11.3 Å². The van der Waals surface area contributed by atoms with Crippen molar-refractivity contribution in [3.63, 3.8) is 0 Å². The summed E-state index contributed by atoms with van der Waals surface area (Å²) in [6.45, 7) is 14.6. The van der Waals surface area contributed by atoms with Crippen LogP contribution < -0.4 is 0 Å². The van der Waals surface area contributed by atoms with E-state index in [0.29, 0.717) is 18.5 Å². The number of carbonyl (C=O) groups excluding carboxylic acids is 1. The first kappa shape index (κ1) is 17.4. The van der Waals surface area contributed by atoms with Crippen molar-refractivity contribution in [2.75, 3.05) is 13.1 Å². The molecule has 0 unspecified atom stereocenters. The highest BCUT2D eigenvalue weighted by Crippen LogP contribution is 2.22. The summed E-state index contributed by atoms with van der Waals surface area (Å²) in [5.74, 6) is 0.869. The Labute approximate surface area is 128 Å². The molecule has 2 nitrogen and oxygen atoms in total. The number of thiophene rings is 1. The standard InChI is InChI=1S/C17H29NOS/c1-7-15(8-2)18(10-12(3)4)11-17(19)16-9-13(5)20-14(16)6/h9,12,15H,7-8,10-11H2,1-6H3. The monoisotopic (exact) mass is 295 g/mol. The van der Waals surface area contributed by atoms with Gasteiger partial charge in [-0.3, -0.25) is 9.69 Å². The predicted octanol–water partition coefficient (Wildman–Crippen LogP) is 4.69. The van der Waals surface area contributed by atoms with Gasteiger partial charge in [0.1, 0.15) is 0 Å². The van der Waals surface area contributed by atoms with Crippen molar-refractivity contribution < 1.29 is 4.79 Å². The Morgan fingerprint density at radius 2 is 1.85 bits per heavy atom. The largest absolute Gasteiger partial charge is 0.293 e. The normalized spacial score (nSPS) is 11.8. The second kappa shape index (κ2) is 7.94. The molecule has 0 atom stereocenters. The first-order chi connectivity index (χ1) is 9.38. The van der Waals surface area contributed by atoms with Crippen molar-refractivity contribution in [1.82, 2.24) is 4.90 Å². The number of aryl methyl sites for hydroxylation is 2. The van der Waals surface area contributed by atoms with Crippen LogP contribution in [0.4, 0.5) is 0 Å². The lowest BCUT2D eigenvalue weighted by Crippen LogP contribution is -2.40. The van der Waals surface area contributed by atoms with Crippen LogP contribution in [0.25, 0.3) is 0 Å². The minimum Gasteiger partial charge on any atom is -0.293 e. The maximum atomic E-state index is 12.6. The van der Waals surface area contributed by atoms with E-state index in [0.717, 1.165) is 29.8 Å². The summed E-state index contributed by atoms with van der Waals surface area (Å²) in [7, 11) is 0. The van der Waals surface area contributed by atoms with Crippen LogP contribution in [0, 0.1) is 19.8 Å². The SMILES string of the molecule is CCC(CC)N(CC(=O)c1cc(C)sc1C)CC(C)C. The number of nitrogens with zero attached hydrogens (tertiary/aromatic N) is 1. The van der Waals surface area contributed by atoms with Crippen LogP contribution in [-0.2, 0) is 0 Å². The van der Waals surface area contributed by atoms with Crippen molar-refractivity contribution in [3.05, 3.63) is 21.4 Å². The molecule has 1 heterocycles. The van der Waals surface area contributed by atoms with Crippen LogP contribution in [-0.4, -0.2) is 29.8 Å². The van der Waals surface area contributed by atoms with Crippen LogP contribution in [0.3, 0.4) is 0 Å². The molecular weight excluding hydrogens is 266 g/mol. The average Bonchev–Trinajstić information content (AvgIpc) is 2.69. The minimum atomic E-state index is 0.277. The fourth-order valence-electron chi connectivity index (χ4n) is 2.79. The molecule has 1 aromatic heterocycles. The van der Waals surface area contributed by atoms with E-state index in [-0.39, 0.29) is 5.78 Å². The van der Waals surface area contributed by atoms with Gasteiger partial charge < -0.3 is 0 Å². The van der Waals surface area contributed by atoms with Gasteiger partial charge in [0.15, 0.2) is 5.78 Å². The fourth-order valence-corrected chi connectivity index (χ4v) is 3.74. The van der Waals surface area contributed by atoms with Gasteiger partial charge in [0.2, 0.25) is 0 Å². The van der Waals surface area contributed by atoms with E-state index >= 15 is 0 Å². The zero-order valence-electron chi connectivity index (χ0n) is 13.8. The minimum absolute atomic E-state index is 0.277. The molecule has 0 aromatic carbocycles. The highest BCUT2D eigenvalue weighted by molar-refractivity contribution is 7.12. The Morgan fingerprint density at radius 3 is 2.25 bits per heavy atom. The molecule has 3 heteroatoms. The van der Waals surface area contributed by atoms with E-state index in [4.69, 9.17) is 0 Å². The lowest BCUT2D eigenvalue weighted by Gasteiger charge is -2.31. The number of rotatable bonds is 8. The predicted molar refractivity (Wildman–Crippen MR) is 88.9 cm³/mol. The van der Waals surface area contributed by atoms with Gasteiger partial charge in [0.05, 0.1) is 6.54 Å². The van der Waals surface area contributed by atoms with E-state index in [9.17, 15) is 4.79 Å². The number of Topliss-reactive ketones (excluding diaryl/α,β-unsaturated/α-hetero) is 1. The van der Waals surface area contributed by atoms with Gasteiger partial charge in [0, 0.05) is 27.9 Å². The molecule has 0 aliphatic carbocycles. The van der Waals surface area contributed by atoms with E-state index in [1.807, 2.05) is 6.07 Å². The third-order valence-electron chi connectivity index (χ3n) is 3.75. The van der Waals surface area contributed by atoms with Crippen molar-refractivity contribution in [2.45, 2.75) is 60.4 Å². The van der Waals surface area contributed by atoms with E-state index in [1.165, 1.54) is 4.88 Å². The van der Waals surface area contributed by atoms with Crippen LogP contribution >= 0.6 is 11.3 Å². The summed E-state index contributed by atoms with van der Waals surface area (Å²) >= 11 is 1.72. The summed E-state index contributed by atoms with van der Waals surface area (Å²) in [4.78, 5) is 17.3. The zero-order valence-corrected chi connectivity index (χ0v) is 14.6. The Hall–Kier alpha value is -0.670. The molecule has 0 aliphatic heterocycles. The molecule has 0 bridgehead atoms. The second-order valence-electron chi connectivity index (χ2n) is 6.04. The summed E-state index contributed by atoms with van der Waals surface area (Å²) in [5, 5.41) is 0. The summed E-state index contributed by atoms with van der Waals surface area (Å²) in [5.41, 5.74) is 0.923. The summed E-state index contributed by atoms with van der Waals surface area (Å²) in [6, 6.07) is 2.56. The topological polar surface area (TPSA) is 20.3 Å². The molecule has 0 spiro atoms. The van der Waals surface area contributed by atoms with Crippen LogP contribution in [0.1, 0.15) is 60.6 Å². The van der Waals surface area contributed by atoms with Crippen LogP contribution in [0.2, 0.25) is 0 Å². The summed E-state index contributed by atoms with van der Waals surface area (Å²) < 4.78 is 0. The molecule has 0 fully saturated rings. The lowest BCUT2D eigenvalue weighted by atomic mass is 10.1. The lowest BCUT2D eigenvalue weighted by molar-refractivity contribution is 0.0866. The third kappa shape index (κ3) is 4.71. The number of hydrogen-bond acceptors (Lipinski definition) is 3. The van der Waals surface area contributed by atoms with Gasteiger partial charge in [-0.05, 0) is 38.7 Å². The van der Waals surface area contributed by atoms with Gasteiger partial charge in [-0.25, -0.2) is 0 Å². The zero-order chi connectivity index (χ0) is 15.3. The van der Waals surface area contributed by atoms with E-state index < -0.39 is 0 Å². The van der Waals surface area contributed by atoms with E-state index in [2.05, 4.69) is 46.4 Å². The molecule has 0 radical (unpaired) electrons. The highest BCUT2D eigenvalue weighted by atomic mass is 32.1. The number of hydrogen-bond donors (Lipinski definition) is 0. The van der Waals surface area contributed by atoms with Crippen molar-refractivity contribution in [2.24, 2.45) is 5.92 Å². The van der Waals surface area contributed by atoms with Crippen LogP contribution in [0.5, 0.6) is 0 Å². The Balaban J connectivity index is 2.83.